The number of rotatable bonds is 1. The predicted octanol–water partition coefficient (Wildman–Crippen LogP) is 1.11. The second-order valence-corrected chi connectivity index (χ2v) is 2.72. The van der Waals surface area contributed by atoms with Crippen molar-refractivity contribution in [1.82, 2.24) is 10.2 Å². The number of nitrogens with zero attached hydrogens (tertiary/aromatic N) is 1. The van der Waals surface area contributed by atoms with Gasteiger partial charge in [-0.25, -0.2) is 9.18 Å². The predicted molar refractivity (Wildman–Crippen MR) is 44.7 cm³/mol. The highest BCUT2D eigenvalue weighted by atomic mass is 19.1. The van der Waals surface area contributed by atoms with Crippen LogP contribution >= 0.6 is 0 Å². The molecule has 6 heteroatoms. The first-order chi connectivity index (χ1) is 6.59. The number of carboxylic acid groups (broad SMARTS) is 1. The zero-order valence-electron chi connectivity index (χ0n) is 6.78. The highest BCUT2D eigenvalue weighted by Gasteiger charge is 2.16. The highest BCUT2D eigenvalue weighted by Crippen LogP contribution is 2.27. The van der Waals surface area contributed by atoms with E-state index in [1.807, 2.05) is 0 Å². The molecule has 5 nitrogen and oxygen atoms in total. The third kappa shape index (κ3) is 1.08. The number of aromatic hydroxyl groups is 1. The summed E-state index contributed by atoms with van der Waals surface area (Å²) in [6.07, 6.45) is 0. The molecule has 0 aliphatic carbocycles. The molecule has 0 spiro atoms. The van der Waals surface area contributed by atoms with E-state index in [1.54, 1.807) is 0 Å². The summed E-state index contributed by atoms with van der Waals surface area (Å²) in [4.78, 5) is 10.6. The summed E-state index contributed by atoms with van der Waals surface area (Å²) in [7, 11) is 0. The number of aromatic nitrogens is 2. The monoisotopic (exact) mass is 196 g/mol. The molecule has 0 fully saturated rings. The third-order valence-electron chi connectivity index (χ3n) is 1.81. The van der Waals surface area contributed by atoms with Gasteiger partial charge in [0.15, 0.2) is 5.69 Å². The van der Waals surface area contributed by atoms with Crippen molar-refractivity contribution < 1.29 is 19.4 Å². The molecule has 2 aromatic rings. The van der Waals surface area contributed by atoms with E-state index in [4.69, 9.17) is 5.11 Å². The minimum atomic E-state index is -1.28. The summed E-state index contributed by atoms with van der Waals surface area (Å²) in [5, 5.41) is 23.8. The van der Waals surface area contributed by atoms with Crippen molar-refractivity contribution in [1.29, 1.82) is 0 Å². The van der Waals surface area contributed by atoms with Crippen molar-refractivity contribution in [2.45, 2.75) is 0 Å². The minimum Gasteiger partial charge on any atom is -0.507 e. The maximum atomic E-state index is 12.8. The molecule has 1 aromatic heterocycles. The average molecular weight is 196 g/mol. The summed E-state index contributed by atoms with van der Waals surface area (Å²) in [6.45, 7) is 0. The van der Waals surface area contributed by atoms with E-state index < -0.39 is 17.5 Å². The molecule has 3 N–H and O–H groups in total. The van der Waals surface area contributed by atoms with Gasteiger partial charge in [-0.1, -0.05) is 0 Å². The largest absolute Gasteiger partial charge is 0.507 e. The molecule has 14 heavy (non-hydrogen) atoms. The number of phenolic OH excluding ortho intramolecular Hbond substituents is 1. The molecule has 1 aromatic carbocycles. The molecule has 0 aliphatic heterocycles. The fraction of sp³-hybridized carbons (Fsp3) is 0. The Hall–Kier alpha value is -2.11. The molecule has 0 radical (unpaired) electrons. The van der Waals surface area contributed by atoms with E-state index in [2.05, 4.69) is 10.2 Å². The number of hydrogen-bond acceptors (Lipinski definition) is 3. The Morgan fingerprint density at radius 2 is 2.21 bits per heavy atom. The zero-order chi connectivity index (χ0) is 10.3. The van der Waals surface area contributed by atoms with Gasteiger partial charge in [0, 0.05) is 6.07 Å². The highest BCUT2D eigenvalue weighted by molar-refractivity contribution is 6.03. The van der Waals surface area contributed by atoms with Gasteiger partial charge in [0.05, 0.1) is 10.9 Å². The lowest BCUT2D eigenvalue weighted by atomic mass is 10.2. The second-order valence-electron chi connectivity index (χ2n) is 2.72. The van der Waals surface area contributed by atoms with Gasteiger partial charge in [-0.2, -0.15) is 5.10 Å². The lowest BCUT2D eigenvalue weighted by Crippen LogP contribution is -1.96. The molecular weight excluding hydrogens is 191 g/mol. The number of phenols is 1. The number of nitrogens with one attached hydrogen (secondary N) is 1. The Morgan fingerprint density at radius 1 is 1.50 bits per heavy atom. The molecule has 0 saturated heterocycles. The van der Waals surface area contributed by atoms with E-state index in [0.29, 0.717) is 0 Å². The minimum absolute atomic E-state index is 0.0129. The number of halogens is 1. The van der Waals surface area contributed by atoms with Gasteiger partial charge < -0.3 is 10.2 Å². The van der Waals surface area contributed by atoms with Crippen LogP contribution in [0.15, 0.2) is 12.1 Å². The van der Waals surface area contributed by atoms with Crippen LogP contribution in [0.1, 0.15) is 10.5 Å². The summed E-state index contributed by atoms with van der Waals surface area (Å²) >= 11 is 0. The average Bonchev–Trinajstić information content (AvgIpc) is 2.47. The fourth-order valence-electron chi connectivity index (χ4n) is 1.26. The first-order valence-corrected chi connectivity index (χ1v) is 3.69. The Bertz CT molecular complexity index is 521. The van der Waals surface area contributed by atoms with Gasteiger partial charge in [-0.3, -0.25) is 5.10 Å². The third-order valence-corrected chi connectivity index (χ3v) is 1.81. The molecule has 0 unspecified atom stereocenters. The number of fused-ring (bicyclic) bond motifs is 1. The molecule has 0 atom stereocenters. The maximum Gasteiger partial charge on any atom is 0.357 e. The number of hydrogen-bond donors (Lipinski definition) is 3. The van der Waals surface area contributed by atoms with Crippen molar-refractivity contribution in [3.05, 3.63) is 23.6 Å². The van der Waals surface area contributed by atoms with Gasteiger partial charge in [0.2, 0.25) is 0 Å². The van der Waals surface area contributed by atoms with Crippen molar-refractivity contribution in [2.24, 2.45) is 0 Å². The number of carboxylic acids is 1. The first-order valence-electron chi connectivity index (χ1n) is 3.69. The van der Waals surface area contributed by atoms with Crippen LogP contribution in [0.4, 0.5) is 4.39 Å². The van der Waals surface area contributed by atoms with Crippen molar-refractivity contribution >= 4 is 16.9 Å². The van der Waals surface area contributed by atoms with Gasteiger partial charge in [-0.05, 0) is 6.07 Å². The normalized spacial score (nSPS) is 10.6. The smallest absolute Gasteiger partial charge is 0.357 e. The van der Waals surface area contributed by atoms with E-state index >= 15 is 0 Å². The van der Waals surface area contributed by atoms with E-state index in [0.717, 1.165) is 12.1 Å². The molecular formula is C8H5FN2O3. The molecule has 2 rings (SSSR count). The molecule has 0 aliphatic rings. The van der Waals surface area contributed by atoms with Crippen molar-refractivity contribution in [2.75, 3.05) is 0 Å². The van der Waals surface area contributed by atoms with E-state index in [9.17, 15) is 14.3 Å². The van der Waals surface area contributed by atoms with Crippen LogP contribution in [-0.4, -0.2) is 26.4 Å². The van der Waals surface area contributed by atoms with Crippen LogP contribution in [0.25, 0.3) is 10.9 Å². The van der Waals surface area contributed by atoms with Crippen LogP contribution in [0.5, 0.6) is 5.75 Å². The van der Waals surface area contributed by atoms with Gasteiger partial charge >= 0.3 is 5.97 Å². The zero-order valence-corrected chi connectivity index (χ0v) is 6.78. The van der Waals surface area contributed by atoms with Gasteiger partial charge in [0.1, 0.15) is 11.6 Å². The van der Waals surface area contributed by atoms with E-state index in [1.165, 1.54) is 0 Å². The summed E-state index contributed by atoms with van der Waals surface area (Å²) in [5.74, 6) is -2.38. The van der Waals surface area contributed by atoms with Crippen LogP contribution in [-0.2, 0) is 0 Å². The first kappa shape index (κ1) is 8.49. The van der Waals surface area contributed by atoms with Crippen LogP contribution in [0.2, 0.25) is 0 Å². The number of benzene rings is 1. The van der Waals surface area contributed by atoms with Gasteiger partial charge in [0.25, 0.3) is 0 Å². The Kier molecular flexibility index (Phi) is 1.63. The van der Waals surface area contributed by atoms with Crippen molar-refractivity contribution in [3.63, 3.8) is 0 Å². The topological polar surface area (TPSA) is 86.2 Å². The lowest BCUT2D eigenvalue weighted by Gasteiger charge is -1.95. The SMILES string of the molecule is O=C(O)c1n[nH]c2cc(F)cc(O)c12. The molecule has 72 valence electrons. The lowest BCUT2D eigenvalue weighted by molar-refractivity contribution is 0.0692. The fourth-order valence-corrected chi connectivity index (χ4v) is 1.26. The Balaban J connectivity index is 2.85. The van der Waals surface area contributed by atoms with Crippen LogP contribution < -0.4 is 0 Å². The maximum absolute atomic E-state index is 12.8. The summed E-state index contributed by atoms with van der Waals surface area (Å²) < 4.78 is 12.8. The molecule has 0 bridgehead atoms. The molecule has 0 saturated carbocycles. The molecule has 1 heterocycles. The standard InChI is InChI=1S/C8H5FN2O3/c9-3-1-4-6(5(12)2-3)7(8(13)14)11-10-4/h1-2,12H,(H,10,11)(H,13,14). The van der Waals surface area contributed by atoms with Gasteiger partial charge in [-0.15, -0.1) is 0 Å². The van der Waals surface area contributed by atoms with Crippen molar-refractivity contribution in [3.8, 4) is 5.75 Å². The quantitative estimate of drug-likeness (QED) is 0.637. The number of carbonyl (C=O) groups is 1. The molecule has 0 amide bonds. The van der Waals surface area contributed by atoms with Crippen LogP contribution in [0, 0.1) is 5.82 Å². The Labute approximate surface area is 76.8 Å². The second kappa shape index (κ2) is 2.69. The summed E-state index contributed by atoms with van der Waals surface area (Å²) in [5.41, 5.74) is -0.169. The summed E-state index contributed by atoms with van der Waals surface area (Å²) in [6, 6.07) is 1.90. The Morgan fingerprint density at radius 3 is 2.86 bits per heavy atom. The number of aromatic carboxylic acids is 1. The van der Waals surface area contributed by atoms with Crippen LogP contribution in [0.3, 0.4) is 0 Å². The van der Waals surface area contributed by atoms with E-state index in [-0.39, 0.29) is 16.6 Å². The number of H-pyrrole nitrogens is 1. The number of aromatic amines is 1.